The highest BCUT2D eigenvalue weighted by atomic mass is 31.2. The minimum atomic E-state index is -4.68. The molecule has 1 unspecified atom stereocenters. The first-order valence-corrected chi connectivity index (χ1v) is 8.45. The van der Waals surface area contributed by atoms with Crippen molar-refractivity contribution in [3.05, 3.63) is 54.6 Å². The summed E-state index contributed by atoms with van der Waals surface area (Å²) in [6.45, 7) is 0. The Balaban J connectivity index is 2.35. The van der Waals surface area contributed by atoms with Crippen molar-refractivity contribution in [2.45, 2.75) is 12.5 Å². The molecule has 0 saturated carbocycles. The number of rotatable bonds is 4. The van der Waals surface area contributed by atoms with E-state index >= 15 is 0 Å². The molecule has 1 N–H and O–H groups in total. The fourth-order valence-electron chi connectivity index (χ4n) is 2.35. The number of benzene rings is 2. The molecule has 0 saturated heterocycles. The second-order valence-corrected chi connectivity index (χ2v) is 7.10. The van der Waals surface area contributed by atoms with E-state index in [1.807, 2.05) is 0 Å². The quantitative estimate of drug-likeness (QED) is 0.576. The van der Waals surface area contributed by atoms with Crippen LogP contribution in [0.5, 0.6) is 0 Å². The Labute approximate surface area is 133 Å². The molecule has 126 valence electrons. The van der Waals surface area contributed by atoms with Crippen LogP contribution in [0.1, 0.15) is 0 Å². The van der Waals surface area contributed by atoms with E-state index < -0.39 is 25.4 Å². The van der Waals surface area contributed by atoms with Gasteiger partial charge in [0.25, 0.3) is 7.37 Å². The maximum absolute atomic E-state index is 14.1. The molecule has 1 atom stereocenters. The summed E-state index contributed by atoms with van der Waals surface area (Å²) in [5.41, 5.74) is -1.40. The largest absolute Gasteiger partial charge is 0.391 e. The molecule has 1 aromatic heterocycles. The SMILES string of the molecule is O=P(O)(c1ccccc1)c1nc2ccccc2n1C(F)(F)C(F)F. The average Bonchev–Trinajstić information content (AvgIpc) is 2.96. The van der Waals surface area contributed by atoms with Crippen molar-refractivity contribution in [2.75, 3.05) is 0 Å². The van der Waals surface area contributed by atoms with Gasteiger partial charge in [0.05, 0.1) is 11.0 Å². The van der Waals surface area contributed by atoms with Gasteiger partial charge in [-0.3, -0.25) is 9.13 Å². The van der Waals surface area contributed by atoms with E-state index in [0.29, 0.717) is 0 Å². The molecule has 2 aromatic carbocycles. The number of aromatic nitrogens is 2. The van der Waals surface area contributed by atoms with E-state index in [0.717, 1.165) is 6.07 Å². The maximum atomic E-state index is 14.1. The van der Waals surface area contributed by atoms with E-state index in [2.05, 4.69) is 4.98 Å². The van der Waals surface area contributed by atoms with Crippen LogP contribution in [-0.2, 0) is 10.6 Å². The first kappa shape index (κ1) is 16.7. The molecule has 4 nitrogen and oxygen atoms in total. The maximum Gasteiger partial charge on any atom is 0.391 e. The topological polar surface area (TPSA) is 55.1 Å². The lowest BCUT2D eigenvalue weighted by Gasteiger charge is -2.22. The van der Waals surface area contributed by atoms with E-state index in [-0.39, 0.29) is 20.9 Å². The fraction of sp³-hybridized carbons (Fsp3) is 0.133. The van der Waals surface area contributed by atoms with Gasteiger partial charge in [-0.15, -0.1) is 0 Å². The zero-order valence-corrected chi connectivity index (χ0v) is 12.9. The summed E-state index contributed by atoms with van der Waals surface area (Å²) in [4.78, 5) is 14.1. The summed E-state index contributed by atoms with van der Waals surface area (Å²) in [6.07, 6.45) is -4.07. The number of hydrogen-bond donors (Lipinski definition) is 1. The van der Waals surface area contributed by atoms with Crippen molar-refractivity contribution in [3.8, 4) is 0 Å². The third kappa shape index (κ3) is 2.52. The van der Waals surface area contributed by atoms with E-state index in [9.17, 15) is 27.0 Å². The van der Waals surface area contributed by atoms with Gasteiger partial charge in [-0.2, -0.15) is 8.78 Å². The lowest BCUT2D eigenvalue weighted by Crippen LogP contribution is -2.39. The summed E-state index contributed by atoms with van der Waals surface area (Å²) in [5.74, 6) is 0. The predicted molar refractivity (Wildman–Crippen MR) is 81.5 cm³/mol. The highest BCUT2D eigenvalue weighted by molar-refractivity contribution is 7.73. The van der Waals surface area contributed by atoms with Crippen LogP contribution in [0.25, 0.3) is 11.0 Å². The lowest BCUT2D eigenvalue weighted by molar-refractivity contribution is -0.185. The number of halogens is 4. The third-order valence-electron chi connectivity index (χ3n) is 3.48. The van der Waals surface area contributed by atoms with Crippen molar-refractivity contribution in [1.29, 1.82) is 0 Å². The molecule has 0 aliphatic heterocycles. The van der Waals surface area contributed by atoms with Crippen molar-refractivity contribution < 1.29 is 27.0 Å². The van der Waals surface area contributed by atoms with Crippen LogP contribution < -0.4 is 10.9 Å². The molecule has 24 heavy (non-hydrogen) atoms. The third-order valence-corrected chi connectivity index (χ3v) is 5.32. The second-order valence-electron chi connectivity index (χ2n) is 5.04. The van der Waals surface area contributed by atoms with Crippen molar-refractivity contribution in [2.24, 2.45) is 0 Å². The summed E-state index contributed by atoms with van der Waals surface area (Å²) >= 11 is 0. The second kappa shape index (κ2) is 5.72. The Morgan fingerprint density at radius 3 is 2.25 bits per heavy atom. The van der Waals surface area contributed by atoms with Crippen LogP contribution in [0.4, 0.5) is 17.6 Å². The zero-order valence-electron chi connectivity index (χ0n) is 12.0. The van der Waals surface area contributed by atoms with Crippen LogP contribution in [0.2, 0.25) is 0 Å². The fourth-order valence-corrected chi connectivity index (χ4v) is 3.92. The van der Waals surface area contributed by atoms with Crippen LogP contribution in [0, 0.1) is 0 Å². The molecule has 3 rings (SSSR count). The van der Waals surface area contributed by atoms with Crippen LogP contribution in [-0.4, -0.2) is 20.9 Å². The molecule has 9 heteroatoms. The van der Waals surface area contributed by atoms with E-state index in [1.165, 1.54) is 42.5 Å². The minimum Gasteiger partial charge on any atom is -0.336 e. The van der Waals surface area contributed by atoms with Gasteiger partial charge in [-0.1, -0.05) is 30.3 Å². The Kier molecular flexibility index (Phi) is 3.97. The highest BCUT2D eigenvalue weighted by Gasteiger charge is 2.48. The van der Waals surface area contributed by atoms with Crippen molar-refractivity contribution in [3.63, 3.8) is 0 Å². The molecule has 1 heterocycles. The number of hydrogen-bond acceptors (Lipinski definition) is 2. The van der Waals surface area contributed by atoms with Gasteiger partial charge in [0.2, 0.25) is 5.57 Å². The molecule has 0 aliphatic rings. The smallest absolute Gasteiger partial charge is 0.336 e. The van der Waals surface area contributed by atoms with Crippen LogP contribution in [0.3, 0.4) is 0 Å². The van der Waals surface area contributed by atoms with Gasteiger partial charge in [0.1, 0.15) is 0 Å². The highest BCUT2D eigenvalue weighted by Crippen LogP contribution is 2.42. The van der Waals surface area contributed by atoms with Crippen molar-refractivity contribution in [1.82, 2.24) is 9.55 Å². The summed E-state index contributed by atoms with van der Waals surface area (Å²) in [7, 11) is -4.60. The predicted octanol–water partition coefficient (Wildman–Crippen LogP) is 3.07. The Hall–Kier alpha value is -2.18. The van der Waals surface area contributed by atoms with Gasteiger partial charge in [-0.05, 0) is 24.3 Å². The number of imidazole rings is 1. The van der Waals surface area contributed by atoms with Gasteiger partial charge < -0.3 is 4.89 Å². The Bertz CT molecular complexity index is 928. The summed E-state index contributed by atoms with van der Waals surface area (Å²) < 4.78 is 66.6. The van der Waals surface area contributed by atoms with E-state index in [4.69, 9.17) is 0 Å². The minimum absolute atomic E-state index is 0.0713. The van der Waals surface area contributed by atoms with Gasteiger partial charge in [-0.25, -0.2) is 13.8 Å². The zero-order chi connectivity index (χ0) is 17.5. The molecule has 0 fully saturated rings. The van der Waals surface area contributed by atoms with E-state index in [1.54, 1.807) is 6.07 Å². The first-order valence-electron chi connectivity index (χ1n) is 6.79. The Morgan fingerprint density at radius 2 is 1.62 bits per heavy atom. The summed E-state index contributed by atoms with van der Waals surface area (Å²) in [5, 5.41) is -0.174. The standard InChI is InChI=1S/C15H11F4N2O2P/c16-13(17)15(18,19)21-12-9-5-4-8-11(12)20-14(21)24(22,23)10-6-2-1-3-7-10/h1-9,13H,(H,22,23). The van der Waals surface area contributed by atoms with Crippen LogP contribution >= 0.6 is 7.37 Å². The number of alkyl halides is 4. The monoisotopic (exact) mass is 358 g/mol. The number of fused-ring (bicyclic) bond motifs is 1. The molecular formula is C15H11F4N2O2P. The molecule has 0 aliphatic carbocycles. The normalized spacial score (nSPS) is 14.9. The molecular weight excluding hydrogens is 347 g/mol. The lowest BCUT2D eigenvalue weighted by atomic mass is 10.3. The molecule has 0 bridgehead atoms. The number of para-hydroxylation sites is 2. The molecule has 3 aromatic rings. The van der Waals surface area contributed by atoms with Gasteiger partial charge in [0.15, 0.2) is 0 Å². The van der Waals surface area contributed by atoms with Gasteiger partial charge in [0, 0.05) is 5.30 Å². The van der Waals surface area contributed by atoms with Gasteiger partial charge >= 0.3 is 12.5 Å². The summed E-state index contributed by atoms with van der Waals surface area (Å²) in [6, 6.07) is 7.56. The Morgan fingerprint density at radius 1 is 1.04 bits per heavy atom. The molecule has 0 spiro atoms. The molecule has 0 amide bonds. The molecule has 0 radical (unpaired) electrons. The van der Waals surface area contributed by atoms with Crippen molar-refractivity contribution >= 4 is 29.3 Å². The number of nitrogens with zero attached hydrogens (tertiary/aromatic N) is 2. The average molecular weight is 358 g/mol. The van der Waals surface area contributed by atoms with Crippen LogP contribution in [0.15, 0.2) is 54.6 Å². The first-order chi connectivity index (χ1) is 11.3.